The first-order chi connectivity index (χ1) is 13.4. The van der Waals surface area contributed by atoms with Crippen molar-refractivity contribution in [2.24, 2.45) is 10.7 Å². The third kappa shape index (κ3) is 5.61. The quantitative estimate of drug-likeness (QED) is 0.625. The molecule has 5 nitrogen and oxygen atoms in total. The van der Waals surface area contributed by atoms with Gasteiger partial charge in [-0.3, -0.25) is 9.89 Å². The molecule has 1 atom stereocenters. The number of ether oxygens (including phenoxy) is 1. The van der Waals surface area contributed by atoms with E-state index in [1.807, 2.05) is 0 Å². The molecule has 0 aliphatic carbocycles. The zero-order valence-electron chi connectivity index (χ0n) is 16.1. The van der Waals surface area contributed by atoms with Crippen molar-refractivity contribution in [2.45, 2.75) is 37.9 Å². The number of likely N-dealkylation sites (tertiary alicyclic amines) is 1. The molecule has 3 rings (SSSR count). The number of rotatable bonds is 4. The highest BCUT2D eigenvalue weighted by Gasteiger charge is 2.31. The van der Waals surface area contributed by atoms with E-state index >= 15 is 0 Å². The van der Waals surface area contributed by atoms with Crippen LogP contribution in [0.3, 0.4) is 0 Å². The Morgan fingerprint density at radius 1 is 1.00 bits per heavy atom. The van der Waals surface area contributed by atoms with Crippen LogP contribution in [0.1, 0.15) is 42.9 Å². The van der Waals surface area contributed by atoms with Gasteiger partial charge in [0.2, 0.25) is 0 Å². The molecule has 0 spiro atoms. The van der Waals surface area contributed by atoms with Gasteiger partial charge in [-0.2, -0.15) is 13.2 Å². The van der Waals surface area contributed by atoms with E-state index in [0.29, 0.717) is 25.7 Å². The number of nitrogens with zero attached hydrogens (tertiary/aromatic N) is 3. The molecule has 8 heteroatoms. The van der Waals surface area contributed by atoms with Crippen molar-refractivity contribution in [2.75, 3.05) is 45.9 Å². The van der Waals surface area contributed by atoms with Crippen LogP contribution in [-0.2, 0) is 10.9 Å². The predicted octanol–water partition coefficient (Wildman–Crippen LogP) is 3.27. The summed E-state index contributed by atoms with van der Waals surface area (Å²) in [6.07, 6.45) is 0.323. The molecule has 2 aliphatic rings. The number of guanidine groups is 1. The number of morpholine rings is 1. The molecule has 2 aliphatic heterocycles. The van der Waals surface area contributed by atoms with Crippen molar-refractivity contribution < 1.29 is 17.9 Å². The summed E-state index contributed by atoms with van der Waals surface area (Å²) in [4.78, 5) is 8.96. The molecule has 0 amide bonds. The lowest BCUT2D eigenvalue weighted by atomic mass is 10.0. The maximum absolute atomic E-state index is 12.9. The minimum atomic E-state index is -4.33. The Morgan fingerprint density at radius 2 is 1.61 bits per heavy atom. The van der Waals surface area contributed by atoms with Crippen LogP contribution >= 0.6 is 0 Å². The highest BCUT2D eigenvalue weighted by atomic mass is 19.4. The summed E-state index contributed by atoms with van der Waals surface area (Å²) in [7, 11) is 0. The smallest absolute Gasteiger partial charge is 0.379 e. The van der Waals surface area contributed by atoms with E-state index in [2.05, 4.69) is 14.8 Å². The van der Waals surface area contributed by atoms with Gasteiger partial charge in [0.05, 0.1) is 31.4 Å². The third-order valence-electron chi connectivity index (χ3n) is 5.47. The molecule has 2 heterocycles. The van der Waals surface area contributed by atoms with Crippen LogP contribution in [0.25, 0.3) is 0 Å². The second kappa shape index (κ2) is 9.60. The topological polar surface area (TPSA) is 54.1 Å². The second-order valence-corrected chi connectivity index (χ2v) is 7.38. The molecule has 0 bridgehead atoms. The zero-order valence-corrected chi connectivity index (χ0v) is 16.1. The summed E-state index contributed by atoms with van der Waals surface area (Å²) in [5.74, 6) is 0.534. The number of alkyl halides is 3. The van der Waals surface area contributed by atoms with E-state index < -0.39 is 11.7 Å². The fourth-order valence-electron chi connectivity index (χ4n) is 3.79. The van der Waals surface area contributed by atoms with Gasteiger partial charge < -0.3 is 15.4 Å². The first-order valence-electron chi connectivity index (χ1n) is 9.99. The normalized spacial score (nSPS) is 21.4. The average molecular weight is 398 g/mol. The summed E-state index contributed by atoms with van der Waals surface area (Å²) < 4.78 is 44.1. The van der Waals surface area contributed by atoms with Gasteiger partial charge in [0, 0.05) is 26.2 Å². The van der Waals surface area contributed by atoms with Crippen LogP contribution in [-0.4, -0.2) is 61.7 Å². The third-order valence-corrected chi connectivity index (χ3v) is 5.47. The van der Waals surface area contributed by atoms with Crippen molar-refractivity contribution in [1.29, 1.82) is 0 Å². The first-order valence-corrected chi connectivity index (χ1v) is 9.99. The SMILES string of the molecule is NC(=NCC(c1ccc(C(F)(F)F)cc1)N1CCOCC1)N1CCCCCC1. The fourth-order valence-corrected chi connectivity index (χ4v) is 3.79. The number of halogens is 3. The summed E-state index contributed by atoms with van der Waals surface area (Å²) in [5, 5.41) is 0. The summed E-state index contributed by atoms with van der Waals surface area (Å²) in [5.41, 5.74) is 6.43. The fraction of sp³-hybridized carbons (Fsp3) is 0.650. The van der Waals surface area contributed by atoms with E-state index in [1.165, 1.54) is 12.8 Å². The van der Waals surface area contributed by atoms with Crippen LogP contribution in [0.15, 0.2) is 29.3 Å². The van der Waals surface area contributed by atoms with Gasteiger partial charge in [0.25, 0.3) is 0 Å². The molecule has 1 aromatic carbocycles. The van der Waals surface area contributed by atoms with E-state index in [9.17, 15) is 13.2 Å². The predicted molar refractivity (Wildman–Crippen MR) is 103 cm³/mol. The van der Waals surface area contributed by atoms with Gasteiger partial charge in [-0.1, -0.05) is 25.0 Å². The lowest BCUT2D eigenvalue weighted by Gasteiger charge is -2.34. The number of nitrogens with two attached hydrogens (primary N) is 1. The van der Waals surface area contributed by atoms with Gasteiger partial charge in [0.15, 0.2) is 5.96 Å². The van der Waals surface area contributed by atoms with Crippen LogP contribution in [0.2, 0.25) is 0 Å². The van der Waals surface area contributed by atoms with Crippen molar-refractivity contribution in [3.8, 4) is 0 Å². The van der Waals surface area contributed by atoms with Gasteiger partial charge >= 0.3 is 6.18 Å². The Hall–Kier alpha value is -1.80. The highest BCUT2D eigenvalue weighted by Crippen LogP contribution is 2.31. The summed E-state index contributed by atoms with van der Waals surface area (Å²) in [6, 6.07) is 5.29. The van der Waals surface area contributed by atoms with Crippen molar-refractivity contribution in [3.63, 3.8) is 0 Å². The molecule has 28 heavy (non-hydrogen) atoms. The Balaban J connectivity index is 1.76. The van der Waals surface area contributed by atoms with E-state index in [1.54, 1.807) is 12.1 Å². The van der Waals surface area contributed by atoms with Gasteiger partial charge in [-0.15, -0.1) is 0 Å². The monoisotopic (exact) mass is 398 g/mol. The van der Waals surface area contributed by atoms with Crippen LogP contribution in [0.5, 0.6) is 0 Å². The minimum absolute atomic E-state index is 0.114. The van der Waals surface area contributed by atoms with Gasteiger partial charge in [0.1, 0.15) is 0 Å². The van der Waals surface area contributed by atoms with Crippen molar-refractivity contribution in [1.82, 2.24) is 9.80 Å². The lowest BCUT2D eigenvalue weighted by Crippen LogP contribution is -2.42. The molecule has 2 N–H and O–H groups in total. The van der Waals surface area contributed by atoms with Gasteiger partial charge in [-0.25, -0.2) is 0 Å². The molecule has 1 aromatic rings. The maximum Gasteiger partial charge on any atom is 0.416 e. The molecule has 0 radical (unpaired) electrons. The number of hydrogen-bond acceptors (Lipinski definition) is 3. The molecule has 2 saturated heterocycles. The largest absolute Gasteiger partial charge is 0.416 e. The Bertz CT molecular complexity index is 634. The number of benzene rings is 1. The highest BCUT2D eigenvalue weighted by molar-refractivity contribution is 5.78. The Kier molecular flexibility index (Phi) is 7.18. The average Bonchev–Trinajstić information content (AvgIpc) is 2.98. The zero-order chi connectivity index (χ0) is 20.0. The Labute approximate surface area is 164 Å². The van der Waals surface area contributed by atoms with Crippen molar-refractivity contribution in [3.05, 3.63) is 35.4 Å². The molecule has 156 valence electrons. The molecular formula is C20H29F3N4O. The van der Waals surface area contributed by atoms with Crippen LogP contribution < -0.4 is 5.73 Å². The second-order valence-electron chi connectivity index (χ2n) is 7.38. The molecule has 0 saturated carbocycles. The van der Waals surface area contributed by atoms with Crippen LogP contribution in [0, 0.1) is 0 Å². The van der Waals surface area contributed by atoms with E-state index in [0.717, 1.165) is 56.7 Å². The van der Waals surface area contributed by atoms with Crippen LogP contribution in [0.4, 0.5) is 13.2 Å². The first kappa shape index (κ1) is 20.9. The van der Waals surface area contributed by atoms with Crippen molar-refractivity contribution >= 4 is 5.96 Å². The molecule has 1 unspecified atom stereocenters. The molecular weight excluding hydrogens is 369 g/mol. The maximum atomic E-state index is 12.9. The Morgan fingerprint density at radius 3 is 2.18 bits per heavy atom. The number of aliphatic imine (C=N–C) groups is 1. The van der Waals surface area contributed by atoms with Gasteiger partial charge in [-0.05, 0) is 30.5 Å². The molecule has 2 fully saturated rings. The van der Waals surface area contributed by atoms with E-state index in [4.69, 9.17) is 10.5 Å². The summed E-state index contributed by atoms with van der Waals surface area (Å²) >= 11 is 0. The number of hydrogen-bond donors (Lipinski definition) is 1. The van der Waals surface area contributed by atoms with E-state index in [-0.39, 0.29) is 6.04 Å². The standard InChI is InChI=1S/C20H29F3N4O/c21-20(22,23)17-7-5-16(6-8-17)18(26-11-13-28-14-12-26)15-25-19(24)27-9-3-1-2-4-10-27/h5-8,18H,1-4,9-15H2,(H2,24,25). The summed E-state index contributed by atoms with van der Waals surface area (Å²) in [6.45, 7) is 4.93. The molecule has 0 aromatic heterocycles. The minimum Gasteiger partial charge on any atom is -0.379 e. The lowest BCUT2D eigenvalue weighted by molar-refractivity contribution is -0.137.